The van der Waals surface area contributed by atoms with Crippen molar-refractivity contribution in [1.29, 1.82) is 0 Å². The third-order valence-electron chi connectivity index (χ3n) is 3.74. The minimum Gasteiger partial charge on any atom is -0.312 e. The Kier molecular flexibility index (Phi) is 3.08. The number of carbonyl (C=O) groups is 1. The highest BCUT2D eigenvalue weighted by atomic mass is 16.2. The van der Waals surface area contributed by atoms with Gasteiger partial charge in [0.15, 0.2) is 0 Å². The second kappa shape index (κ2) is 4.33. The standard InChI is InChI=1S/C12H20N2O/c1-3-8-5-6-9(7-8)11-13-10(4-2)12(15)14-11/h8-10H,3-7H2,1-2H3,(H,13,14,15). The topological polar surface area (TPSA) is 41.5 Å². The van der Waals surface area contributed by atoms with Gasteiger partial charge >= 0.3 is 0 Å². The molecule has 3 unspecified atom stereocenters. The lowest BCUT2D eigenvalue weighted by atomic mass is 10.0. The van der Waals surface area contributed by atoms with Gasteiger partial charge < -0.3 is 5.32 Å². The van der Waals surface area contributed by atoms with Crippen LogP contribution in [-0.4, -0.2) is 17.8 Å². The number of hydrogen-bond donors (Lipinski definition) is 1. The van der Waals surface area contributed by atoms with Gasteiger partial charge in [0.1, 0.15) is 11.9 Å². The van der Waals surface area contributed by atoms with E-state index < -0.39 is 0 Å². The van der Waals surface area contributed by atoms with Crippen LogP contribution in [0.5, 0.6) is 0 Å². The van der Waals surface area contributed by atoms with Gasteiger partial charge in [-0.3, -0.25) is 9.79 Å². The zero-order valence-corrected chi connectivity index (χ0v) is 9.62. The number of hydrogen-bond acceptors (Lipinski definition) is 2. The largest absolute Gasteiger partial charge is 0.312 e. The van der Waals surface area contributed by atoms with E-state index in [1.54, 1.807) is 0 Å². The summed E-state index contributed by atoms with van der Waals surface area (Å²) in [5.41, 5.74) is 0. The molecule has 0 spiro atoms. The highest BCUT2D eigenvalue weighted by molar-refractivity contribution is 6.06. The quantitative estimate of drug-likeness (QED) is 0.758. The van der Waals surface area contributed by atoms with Crippen LogP contribution in [0.3, 0.4) is 0 Å². The van der Waals surface area contributed by atoms with Crippen LogP contribution in [0.4, 0.5) is 0 Å². The SMILES string of the molecule is CCC1CCC(C2=NC(CC)C(=O)N2)C1. The fraction of sp³-hybridized carbons (Fsp3) is 0.833. The highest BCUT2D eigenvalue weighted by Gasteiger charge is 2.33. The molecule has 0 radical (unpaired) electrons. The minimum atomic E-state index is -0.110. The van der Waals surface area contributed by atoms with Gasteiger partial charge in [-0.25, -0.2) is 0 Å². The van der Waals surface area contributed by atoms with Crippen molar-refractivity contribution in [2.24, 2.45) is 16.8 Å². The molecule has 84 valence electrons. The first-order valence-corrected chi connectivity index (χ1v) is 6.13. The molecule has 0 aromatic carbocycles. The molecule has 1 amide bonds. The fourth-order valence-corrected chi connectivity index (χ4v) is 2.65. The molecular weight excluding hydrogens is 188 g/mol. The molecule has 1 aliphatic heterocycles. The normalized spacial score (nSPS) is 35.5. The Hall–Kier alpha value is -0.860. The molecule has 2 aliphatic rings. The van der Waals surface area contributed by atoms with Crippen molar-refractivity contribution < 1.29 is 4.79 Å². The smallest absolute Gasteiger partial charge is 0.250 e. The van der Waals surface area contributed by atoms with Gasteiger partial charge in [-0.1, -0.05) is 20.3 Å². The number of carbonyl (C=O) groups excluding carboxylic acids is 1. The van der Waals surface area contributed by atoms with E-state index in [9.17, 15) is 4.79 Å². The summed E-state index contributed by atoms with van der Waals surface area (Å²) >= 11 is 0. The molecule has 0 aromatic rings. The van der Waals surface area contributed by atoms with E-state index in [4.69, 9.17) is 0 Å². The molecule has 1 N–H and O–H groups in total. The van der Waals surface area contributed by atoms with Gasteiger partial charge in [0.05, 0.1) is 0 Å². The molecule has 15 heavy (non-hydrogen) atoms. The average molecular weight is 208 g/mol. The monoisotopic (exact) mass is 208 g/mol. The summed E-state index contributed by atoms with van der Waals surface area (Å²) in [5.74, 6) is 2.45. The predicted octanol–water partition coefficient (Wildman–Crippen LogP) is 2.12. The van der Waals surface area contributed by atoms with Crippen molar-refractivity contribution in [3.63, 3.8) is 0 Å². The summed E-state index contributed by atoms with van der Waals surface area (Å²) in [5, 5.41) is 2.95. The van der Waals surface area contributed by atoms with Gasteiger partial charge in [0.25, 0.3) is 0 Å². The van der Waals surface area contributed by atoms with Crippen molar-refractivity contribution >= 4 is 11.7 Å². The average Bonchev–Trinajstić information content (AvgIpc) is 2.83. The number of rotatable bonds is 3. The fourth-order valence-electron chi connectivity index (χ4n) is 2.65. The maximum atomic E-state index is 11.5. The number of amides is 1. The van der Waals surface area contributed by atoms with Crippen molar-refractivity contribution in [1.82, 2.24) is 5.32 Å². The van der Waals surface area contributed by atoms with Crippen LogP contribution in [0, 0.1) is 11.8 Å². The lowest BCUT2D eigenvalue weighted by molar-refractivity contribution is -0.120. The van der Waals surface area contributed by atoms with Gasteiger partial charge in [-0.15, -0.1) is 0 Å². The van der Waals surface area contributed by atoms with E-state index >= 15 is 0 Å². The van der Waals surface area contributed by atoms with Gasteiger partial charge in [-0.2, -0.15) is 0 Å². The van der Waals surface area contributed by atoms with Crippen LogP contribution < -0.4 is 5.32 Å². The summed E-state index contributed by atoms with van der Waals surface area (Å²) in [6.45, 7) is 4.26. The number of amidine groups is 1. The second-order valence-corrected chi connectivity index (χ2v) is 4.71. The summed E-state index contributed by atoms with van der Waals surface area (Å²) in [4.78, 5) is 16.0. The van der Waals surface area contributed by atoms with Gasteiger partial charge in [-0.05, 0) is 31.6 Å². The lowest BCUT2D eigenvalue weighted by Crippen LogP contribution is -2.31. The zero-order valence-electron chi connectivity index (χ0n) is 9.62. The Balaban J connectivity index is 1.98. The van der Waals surface area contributed by atoms with Crippen LogP contribution >= 0.6 is 0 Å². The van der Waals surface area contributed by atoms with Crippen molar-refractivity contribution in [3.8, 4) is 0 Å². The van der Waals surface area contributed by atoms with E-state index in [0.717, 1.165) is 18.2 Å². The Labute approximate surface area is 91.3 Å². The molecule has 1 aliphatic carbocycles. The summed E-state index contributed by atoms with van der Waals surface area (Å²) in [7, 11) is 0. The molecule has 3 atom stereocenters. The molecule has 0 aromatic heterocycles. The molecule has 0 saturated heterocycles. The van der Waals surface area contributed by atoms with Gasteiger partial charge in [0, 0.05) is 5.92 Å². The second-order valence-electron chi connectivity index (χ2n) is 4.71. The molecular formula is C12H20N2O. The lowest BCUT2D eigenvalue weighted by Gasteiger charge is -2.09. The molecule has 1 saturated carbocycles. The molecule has 2 rings (SSSR count). The number of aliphatic imine (C=N–C) groups is 1. The number of nitrogens with one attached hydrogen (secondary N) is 1. The van der Waals surface area contributed by atoms with Crippen molar-refractivity contribution in [2.75, 3.05) is 0 Å². The first-order valence-electron chi connectivity index (χ1n) is 6.13. The molecule has 1 heterocycles. The Bertz CT molecular complexity index is 285. The van der Waals surface area contributed by atoms with Crippen LogP contribution in [0.15, 0.2) is 4.99 Å². The third kappa shape index (κ3) is 2.06. The van der Waals surface area contributed by atoms with Gasteiger partial charge in [0.2, 0.25) is 5.91 Å². The molecule has 1 fully saturated rings. The first-order chi connectivity index (χ1) is 7.24. The first kappa shape index (κ1) is 10.7. The number of nitrogens with zero attached hydrogens (tertiary/aromatic N) is 1. The summed E-state index contributed by atoms with van der Waals surface area (Å²) in [6.07, 6.45) is 5.79. The van der Waals surface area contributed by atoms with Crippen molar-refractivity contribution in [3.05, 3.63) is 0 Å². The Morgan fingerprint density at radius 3 is 2.67 bits per heavy atom. The summed E-state index contributed by atoms with van der Waals surface area (Å²) in [6, 6.07) is -0.110. The van der Waals surface area contributed by atoms with Crippen molar-refractivity contribution in [2.45, 2.75) is 52.0 Å². The summed E-state index contributed by atoms with van der Waals surface area (Å²) < 4.78 is 0. The zero-order chi connectivity index (χ0) is 10.8. The van der Waals surface area contributed by atoms with E-state index in [1.165, 1.54) is 25.7 Å². The van der Waals surface area contributed by atoms with E-state index in [1.807, 2.05) is 6.92 Å². The molecule has 3 nitrogen and oxygen atoms in total. The third-order valence-corrected chi connectivity index (χ3v) is 3.74. The Morgan fingerprint density at radius 2 is 2.13 bits per heavy atom. The van der Waals surface area contributed by atoms with Crippen LogP contribution in [0.25, 0.3) is 0 Å². The highest BCUT2D eigenvalue weighted by Crippen LogP contribution is 2.34. The minimum absolute atomic E-state index is 0.104. The maximum Gasteiger partial charge on any atom is 0.250 e. The van der Waals surface area contributed by atoms with Crippen LogP contribution in [-0.2, 0) is 4.79 Å². The van der Waals surface area contributed by atoms with Crippen LogP contribution in [0.2, 0.25) is 0 Å². The van der Waals surface area contributed by atoms with E-state index in [-0.39, 0.29) is 11.9 Å². The molecule has 3 heteroatoms. The molecule has 0 bridgehead atoms. The maximum absolute atomic E-state index is 11.5. The van der Waals surface area contributed by atoms with E-state index in [2.05, 4.69) is 17.2 Å². The predicted molar refractivity (Wildman–Crippen MR) is 60.8 cm³/mol. The Morgan fingerprint density at radius 1 is 1.33 bits per heavy atom. The van der Waals surface area contributed by atoms with Crippen LogP contribution in [0.1, 0.15) is 46.0 Å². The van der Waals surface area contributed by atoms with E-state index in [0.29, 0.717) is 5.92 Å².